The number of hydrogen-bond donors (Lipinski definition) is 1. The van der Waals surface area contributed by atoms with Gasteiger partial charge < -0.3 is 5.32 Å². The summed E-state index contributed by atoms with van der Waals surface area (Å²) in [5.41, 5.74) is 0. The molecule has 0 aromatic carbocycles. The lowest BCUT2D eigenvalue weighted by molar-refractivity contribution is 0.267. The highest BCUT2D eigenvalue weighted by molar-refractivity contribution is 7.09. The average Bonchev–Trinajstić information content (AvgIpc) is 2.82. The molecule has 2 rings (SSSR count). The zero-order valence-electron chi connectivity index (χ0n) is 11.1. The van der Waals surface area contributed by atoms with Gasteiger partial charge in [0.1, 0.15) is 0 Å². The Morgan fingerprint density at radius 3 is 2.71 bits per heavy atom. The van der Waals surface area contributed by atoms with Gasteiger partial charge in [-0.15, -0.1) is 11.3 Å². The summed E-state index contributed by atoms with van der Waals surface area (Å²) >= 11 is 1.87. The number of rotatable bonds is 5. The molecule has 2 heteroatoms. The molecular formula is C15H25NS. The van der Waals surface area contributed by atoms with Crippen molar-refractivity contribution >= 4 is 11.3 Å². The standard InChI is InChI=1S/C15H25NS/c1-12(11-15-9-6-10-17-15)16-13(2)14-7-4-3-5-8-14/h6,9-10,12-14,16H,3-5,7-8,11H2,1-2H3. The SMILES string of the molecule is CC(Cc1cccs1)NC(C)C1CCCCC1. The van der Waals surface area contributed by atoms with E-state index in [2.05, 4.69) is 36.7 Å². The van der Waals surface area contributed by atoms with E-state index in [0.29, 0.717) is 12.1 Å². The van der Waals surface area contributed by atoms with Gasteiger partial charge >= 0.3 is 0 Å². The minimum Gasteiger partial charge on any atom is -0.311 e. The summed E-state index contributed by atoms with van der Waals surface area (Å²) in [6.45, 7) is 4.69. The highest BCUT2D eigenvalue weighted by Gasteiger charge is 2.21. The van der Waals surface area contributed by atoms with E-state index in [-0.39, 0.29) is 0 Å². The lowest BCUT2D eigenvalue weighted by Crippen LogP contribution is -2.41. The first-order valence-corrected chi connectivity index (χ1v) is 7.92. The zero-order chi connectivity index (χ0) is 12.1. The molecule has 1 aliphatic rings. The maximum Gasteiger partial charge on any atom is 0.00896 e. The van der Waals surface area contributed by atoms with Crippen LogP contribution in [0.25, 0.3) is 0 Å². The summed E-state index contributed by atoms with van der Waals surface area (Å²) in [5.74, 6) is 0.912. The fraction of sp³-hybridized carbons (Fsp3) is 0.733. The normalized spacial score (nSPS) is 21.3. The molecule has 96 valence electrons. The number of hydrogen-bond acceptors (Lipinski definition) is 2. The Kier molecular flexibility index (Phi) is 5.05. The Morgan fingerprint density at radius 2 is 2.06 bits per heavy atom. The molecule has 0 amide bonds. The Hall–Kier alpha value is -0.340. The van der Waals surface area contributed by atoms with Gasteiger partial charge in [0.15, 0.2) is 0 Å². The van der Waals surface area contributed by atoms with Crippen molar-refractivity contribution in [3.63, 3.8) is 0 Å². The van der Waals surface area contributed by atoms with Gasteiger partial charge in [-0.25, -0.2) is 0 Å². The van der Waals surface area contributed by atoms with Crippen LogP contribution >= 0.6 is 11.3 Å². The summed E-state index contributed by atoms with van der Waals surface area (Å²) in [5, 5.41) is 5.97. The second-order valence-corrected chi connectivity index (χ2v) is 6.57. The number of nitrogens with one attached hydrogen (secondary N) is 1. The van der Waals surface area contributed by atoms with Crippen LogP contribution in [0.2, 0.25) is 0 Å². The molecule has 1 aromatic heterocycles. The van der Waals surface area contributed by atoms with Crippen molar-refractivity contribution in [3.8, 4) is 0 Å². The first-order valence-electron chi connectivity index (χ1n) is 7.04. The van der Waals surface area contributed by atoms with Gasteiger partial charge in [0.25, 0.3) is 0 Å². The van der Waals surface area contributed by atoms with Gasteiger partial charge in [0, 0.05) is 17.0 Å². The van der Waals surface area contributed by atoms with E-state index in [0.717, 1.165) is 5.92 Å². The third-order valence-electron chi connectivity index (χ3n) is 3.99. The van der Waals surface area contributed by atoms with E-state index >= 15 is 0 Å². The van der Waals surface area contributed by atoms with E-state index in [1.54, 1.807) is 0 Å². The van der Waals surface area contributed by atoms with E-state index in [1.807, 2.05) is 11.3 Å². The average molecular weight is 251 g/mol. The molecule has 1 nitrogen and oxygen atoms in total. The molecule has 2 unspecified atom stereocenters. The van der Waals surface area contributed by atoms with Crippen molar-refractivity contribution in [2.45, 2.75) is 64.5 Å². The van der Waals surface area contributed by atoms with Crippen LogP contribution < -0.4 is 5.32 Å². The smallest absolute Gasteiger partial charge is 0.00896 e. The van der Waals surface area contributed by atoms with Gasteiger partial charge in [-0.3, -0.25) is 0 Å². The monoisotopic (exact) mass is 251 g/mol. The Labute approximate surface area is 110 Å². The van der Waals surface area contributed by atoms with Gasteiger partial charge in [-0.1, -0.05) is 25.3 Å². The highest BCUT2D eigenvalue weighted by atomic mass is 32.1. The first kappa shape index (κ1) is 13.1. The van der Waals surface area contributed by atoms with Crippen molar-refractivity contribution in [1.29, 1.82) is 0 Å². The second-order valence-electron chi connectivity index (χ2n) is 5.54. The molecule has 1 fully saturated rings. The molecule has 1 saturated carbocycles. The molecule has 17 heavy (non-hydrogen) atoms. The summed E-state index contributed by atoms with van der Waals surface area (Å²) < 4.78 is 0. The molecule has 1 N–H and O–H groups in total. The molecule has 1 heterocycles. The van der Waals surface area contributed by atoms with Crippen LogP contribution in [0.5, 0.6) is 0 Å². The van der Waals surface area contributed by atoms with E-state index in [1.165, 1.54) is 43.4 Å². The van der Waals surface area contributed by atoms with Crippen molar-refractivity contribution < 1.29 is 0 Å². The van der Waals surface area contributed by atoms with Gasteiger partial charge in [0.2, 0.25) is 0 Å². The molecule has 1 aliphatic carbocycles. The lowest BCUT2D eigenvalue weighted by Gasteiger charge is -2.30. The molecule has 0 bridgehead atoms. The first-order chi connectivity index (χ1) is 8.25. The Morgan fingerprint density at radius 1 is 1.29 bits per heavy atom. The summed E-state index contributed by atoms with van der Waals surface area (Å²) in [6.07, 6.45) is 8.37. The van der Waals surface area contributed by atoms with Crippen molar-refractivity contribution in [2.75, 3.05) is 0 Å². The van der Waals surface area contributed by atoms with Crippen LogP contribution in [-0.2, 0) is 6.42 Å². The minimum absolute atomic E-state index is 0.602. The maximum absolute atomic E-state index is 3.79. The van der Waals surface area contributed by atoms with Gasteiger partial charge in [-0.05, 0) is 50.5 Å². The zero-order valence-corrected chi connectivity index (χ0v) is 11.9. The van der Waals surface area contributed by atoms with Gasteiger partial charge in [-0.2, -0.15) is 0 Å². The van der Waals surface area contributed by atoms with Crippen LogP contribution in [0.3, 0.4) is 0 Å². The van der Waals surface area contributed by atoms with Gasteiger partial charge in [0.05, 0.1) is 0 Å². The topological polar surface area (TPSA) is 12.0 Å². The summed E-state index contributed by atoms with van der Waals surface area (Å²) in [6, 6.07) is 5.68. The molecule has 0 aliphatic heterocycles. The highest BCUT2D eigenvalue weighted by Crippen LogP contribution is 2.26. The van der Waals surface area contributed by atoms with Crippen LogP contribution in [0.15, 0.2) is 17.5 Å². The molecule has 0 radical (unpaired) electrons. The minimum atomic E-state index is 0.602. The predicted octanol–water partition coefficient (Wildman–Crippen LogP) is 4.24. The maximum atomic E-state index is 3.79. The summed E-state index contributed by atoms with van der Waals surface area (Å²) in [7, 11) is 0. The second kappa shape index (κ2) is 6.55. The van der Waals surface area contributed by atoms with Crippen molar-refractivity contribution in [2.24, 2.45) is 5.92 Å². The predicted molar refractivity (Wildman–Crippen MR) is 76.7 cm³/mol. The quantitative estimate of drug-likeness (QED) is 0.825. The largest absolute Gasteiger partial charge is 0.311 e. The third-order valence-corrected chi connectivity index (χ3v) is 4.89. The molecule has 0 saturated heterocycles. The van der Waals surface area contributed by atoms with E-state index in [4.69, 9.17) is 0 Å². The van der Waals surface area contributed by atoms with Crippen LogP contribution in [0.4, 0.5) is 0 Å². The fourth-order valence-electron chi connectivity index (χ4n) is 3.01. The Bertz CT molecular complexity index is 301. The van der Waals surface area contributed by atoms with Crippen LogP contribution in [0, 0.1) is 5.92 Å². The van der Waals surface area contributed by atoms with E-state index < -0.39 is 0 Å². The Balaban J connectivity index is 1.75. The van der Waals surface area contributed by atoms with Crippen molar-refractivity contribution in [1.82, 2.24) is 5.32 Å². The lowest BCUT2D eigenvalue weighted by atomic mass is 9.84. The summed E-state index contributed by atoms with van der Waals surface area (Å²) in [4.78, 5) is 1.50. The molecular weight excluding hydrogens is 226 g/mol. The van der Waals surface area contributed by atoms with E-state index in [9.17, 15) is 0 Å². The fourth-order valence-corrected chi connectivity index (χ4v) is 3.84. The molecule has 0 spiro atoms. The third kappa shape index (κ3) is 4.11. The van der Waals surface area contributed by atoms with Crippen molar-refractivity contribution in [3.05, 3.63) is 22.4 Å². The van der Waals surface area contributed by atoms with Crippen LogP contribution in [-0.4, -0.2) is 12.1 Å². The molecule has 2 atom stereocenters. The molecule has 1 aromatic rings. The number of thiophene rings is 1. The van der Waals surface area contributed by atoms with Crippen LogP contribution in [0.1, 0.15) is 50.8 Å².